The fraction of sp³-hybridized carbons (Fsp3) is 0.147. The molecule has 202 valence electrons. The lowest BCUT2D eigenvalue weighted by atomic mass is 9.88. The molecule has 0 saturated carbocycles. The Labute approximate surface area is 236 Å². The van der Waals surface area contributed by atoms with E-state index >= 15 is 0 Å². The first kappa shape index (κ1) is 25.0. The predicted octanol–water partition coefficient (Wildman–Crippen LogP) is 5.55. The first-order valence-electron chi connectivity index (χ1n) is 13.5. The number of halogens is 1. The molecule has 7 heteroatoms. The van der Waals surface area contributed by atoms with Gasteiger partial charge >= 0.3 is 5.97 Å². The van der Waals surface area contributed by atoms with Gasteiger partial charge in [-0.1, -0.05) is 91.0 Å². The molecule has 2 fully saturated rings. The lowest BCUT2D eigenvalue weighted by Gasteiger charge is -2.36. The molecule has 3 aliphatic rings. The van der Waals surface area contributed by atoms with E-state index in [2.05, 4.69) is 0 Å². The topological polar surface area (TPSA) is 66.9 Å². The molecule has 2 amide bonds. The van der Waals surface area contributed by atoms with Crippen molar-refractivity contribution < 1.29 is 23.5 Å². The third-order valence-electron chi connectivity index (χ3n) is 8.18. The van der Waals surface area contributed by atoms with E-state index in [4.69, 9.17) is 4.74 Å². The van der Waals surface area contributed by atoms with Gasteiger partial charge in [-0.2, -0.15) is 0 Å². The maximum atomic E-state index is 14.3. The molecule has 0 aromatic heterocycles. The van der Waals surface area contributed by atoms with E-state index in [0.29, 0.717) is 0 Å². The Hall–Kier alpha value is -5.04. The molecular weight excluding hydrogens is 519 g/mol. The highest BCUT2D eigenvalue weighted by Crippen LogP contribution is 2.49. The summed E-state index contributed by atoms with van der Waals surface area (Å²) in [6.07, 6.45) is 3.10. The number of para-hydroxylation sites is 1. The third kappa shape index (κ3) is 4.04. The molecule has 4 aromatic carbocycles. The van der Waals surface area contributed by atoms with Crippen LogP contribution in [0, 0.1) is 17.7 Å². The minimum atomic E-state index is -1.05. The van der Waals surface area contributed by atoms with Crippen molar-refractivity contribution in [2.75, 3.05) is 9.80 Å². The number of hydrogen-bond acceptors (Lipinski definition) is 5. The molecule has 4 unspecified atom stereocenters. The standard InChI is InChI=1S/C34H25FN2O4/c35-24-16-18-25(19-17-24)36-32(38)28-27-20-15-21-9-7-8-14-26(21)37(27)30(29(28)33(36)39)34(40)41-31(22-10-3-1-4-11-22)23-12-5-2-6-13-23/h1-20,27-31H. The van der Waals surface area contributed by atoms with Gasteiger partial charge in [0.15, 0.2) is 6.10 Å². The molecule has 3 heterocycles. The van der Waals surface area contributed by atoms with Gasteiger partial charge in [0.05, 0.1) is 23.6 Å². The first-order chi connectivity index (χ1) is 20.0. The van der Waals surface area contributed by atoms with Crippen molar-refractivity contribution in [1.82, 2.24) is 0 Å². The quantitative estimate of drug-likeness (QED) is 0.244. The Kier molecular flexibility index (Phi) is 6.00. The van der Waals surface area contributed by atoms with Gasteiger partial charge in [0, 0.05) is 5.69 Å². The molecule has 0 aliphatic carbocycles. The number of carbonyl (C=O) groups is 3. The second-order valence-corrected chi connectivity index (χ2v) is 10.4. The van der Waals surface area contributed by atoms with E-state index in [0.717, 1.165) is 27.3 Å². The molecular formula is C34H25FN2O4. The number of imide groups is 1. The van der Waals surface area contributed by atoms with E-state index < -0.39 is 53.6 Å². The average Bonchev–Trinajstić information content (AvgIpc) is 3.49. The van der Waals surface area contributed by atoms with Gasteiger partial charge in [-0.25, -0.2) is 14.1 Å². The zero-order chi connectivity index (χ0) is 28.1. The van der Waals surface area contributed by atoms with Crippen LogP contribution in [0.1, 0.15) is 22.8 Å². The second-order valence-electron chi connectivity index (χ2n) is 10.4. The Morgan fingerprint density at radius 1 is 0.732 bits per heavy atom. The second kappa shape index (κ2) is 9.86. The Balaban J connectivity index is 1.32. The van der Waals surface area contributed by atoms with Gasteiger partial charge in [0.1, 0.15) is 11.9 Å². The number of amides is 2. The third-order valence-corrected chi connectivity index (χ3v) is 8.18. The molecule has 7 rings (SSSR count). The van der Waals surface area contributed by atoms with Crippen LogP contribution in [0.3, 0.4) is 0 Å². The fourth-order valence-corrected chi connectivity index (χ4v) is 6.40. The minimum Gasteiger partial charge on any atom is -0.451 e. The summed E-state index contributed by atoms with van der Waals surface area (Å²) < 4.78 is 19.9. The maximum absolute atomic E-state index is 14.3. The summed E-state index contributed by atoms with van der Waals surface area (Å²) in [6, 6.07) is 30.1. The van der Waals surface area contributed by atoms with Crippen LogP contribution in [-0.4, -0.2) is 29.9 Å². The molecule has 4 atom stereocenters. The smallest absolute Gasteiger partial charge is 0.330 e. The van der Waals surface area contributed by atoms with Crippen LogP contribution in [-0.2, 0) is 19.1 Å². The molecule has 41 heavy (non-hydrogen) atoms. The van der Waals surface area contributed by atoms with Crippen LogP contribution in [0.5, 0.6) is 0 Å². The summed E-state index contributed by atoms with van der Waals surface area (Å²) in [7, 11) is 0. The molecule has 2 saturated heterocycles. The monoisotopic (exact) mass is 544 g/mol. The largest absolute Gasteiger partial charge is 0.451 e. The van der Waals surface area contributed by atoms with Gasteiger partial charge in [0.25, 0.3) is 0 Å². The highest BCUT2D eigenvalue weighted by molar-refractivity contribution is 6.24. The van der Waals surface area contributed by atoms with E-state index in [1.165, 1.54) is 24.3 Å². The van der Waals surface area contributed by atoms with Crippen molar-refractivity contribution in [1.29, 1.82) is 0 Å². The normalized spacial score (nSPS) is 22.5. The number of benzene rings is 4. The van der Waals surface area contributed by atoms with Crippen molar-refractivity contribution in [3.05, 3.63) is 138 Å². The Bertz CT molecular complexity index is 1630. The van der Waals surface area contributed by atoms with Crippen LogP contribution in [0.2, 0.25) is 0 Å². The molecule has 0 spiro atoms. The minimum absolute atomic E-state index is 0.279. The SMILES string of the molecule is O=C(OC(c1ccccc1)c1ccccc1)C1C2C(=O)N(c3ccc(F)cc3)C(=O)C2C2C=Cc3ccccc3N21. The molecule has 3 aliphatic heterocycles. The molecule has 6 nitrogen and oxygen atoms in total. The van der Waals surface area contributed by atoms with Gasteiger partial charge < -0.3 is 9.64 Å². The van der Waals surface area contributed by atoms with E-state index in [1.807, 2.05) is 102 Å². The molecule has 0 N–H and O–H groups in total. The van der Waals surface area contributed by atoms with Crippen LogP contribution in [0.25, 0.3) is 6.08 Å². The predicted molar refractivity (Wildman–Crippen MR) is 152 cm³/mol. The lowest BCUT2D eigenvalue weighted by molar-refractivity contribution is -0.151. The van der Waals surface area contributed by atoms with Crippen molar-refractivity contribution in [2.45, 2.75) is 18.2 Å². The summed E-state index contributed by atoms with van der Waals surface area (Å²) >= 11 is 0. The fourth-order valence-electron chi connectivity index (χ4n) is 6.40. The van der Waals surface area contributed by atoms with Gasteiger partial charge in [0.2, 0.25) is 11.8 Å². The summed E-state index contributed by atoms with van der Waals surface area (Å²) in [6.45, 7) is 0. The summed E-state index contributed by atoms with van der Waals surface area (Å²) in [4.78, 5) is 45.2. The van der Waals surface area contributed by atoms with Gasteiger partial charge in [-0.05, 0) is 47.0 Å². The number of nitrogens with zero attached hydrogens (tertiary/aromatic N) is 2. The number of carbonyl (C=O) groups excluding carboxylic acids is 3. The zero-order valence-electron chi connectivity index (χ0n) is 21.8. The maximum Gasteiger partial charge on any atom is 0.330 e. The van der Waals surface area contributed by atoms with Crippen molar-refractivity contribution >= 4 is 35.2 Å². The first-order valence-corrected chi connectivity index (χ1v) is 13.5. The van der Waals surface area contributed by atoms with E-state index in [9.17, 15) is 18.8 Å². The van der Waals surface area contributed by atoms with Crippen LogP contribution in [0.15, 0.2) is 115 Å². The highest BCUT2D eigenvalue weighted by Gasteiger charge is 2.65. The number of anilines is 2. The van der Waals surface area contributed by atoms with Gasteiger partial charge in [-0.15, -0.1) is 0 Å². The van der Waals surface area contributed by atoms with Gasteiger partial charge in [-0.3, -0.25) is 9.59 Å². The molecule has 4 aromatic rings. The number of hydrogen-bond donors (Lipinski definition) is 0. The van der Waals surface area contributed by atoms with Crippen molar-refractivity contribution in [2.24, 2.45) is 11.8 Å². The Morgan fingerprint density at radius 3 is 1.98 bits per heavy atom. The van der Waals surface area contributed by atoms with E-state index in [-0.39, 0.29) is 5.69 Å². The summed E-state index contributed by atoms with van der Waals surface area (Å²) in [5, 5.41) is 0. The number of ether oxygens (including phenoxy) is 1. The molecule has 0 bridgehead atoms. The van der Waals surface area contributed by atoms with Crippen molar-refractivity contribution in [3.8, 4) is 0 Å². The number of fused-ring (bicyclic) bond motifs is 5. The zero-order valence-corrected chi connectivity index (χ0v) is 21.8. The summed E-state index contributed by atoms with van der Waals surface area (Å²) in [5.41, 5.74) is 3.51. The number of esters is 1. The average molecular weight is 545 g/mol. The van der Waals surface area contributed by atoms with Crippen LogP contribution in [0.4, 0.5) is 15.8 Å². The lowest BCUT2D eigenvalue weighted by Crippen LogP contribution is -2.49. The Morgan fingerprint density at radius 2 is 1.32 bits per heavy atom. The van der Waals surface area contributed by atoms with Crippen molar-refractivity contribution in [3.63, 3.8) is 0 Å². The number of rotatable bonds is 5. The van der Waals surface area contributed by atoms with Crippen LogP contribution < -0.4 is 9.80 Å². The summed E-state index contributed by atoms with van der Waals surface area (Å²) in [5.74, 6) is -3.75. The van der Waals surface area contributed by atoms with E-state index in [1.54, 1.807) is 0 Å². The van der Waals surface area contributed by atoms with Crippen LogP contribution >= 0.6 is 0 Å². The molecule has 0 radical (unpaired) electrons. The highest BCUT2D eigenvalue weighted by atomic mass is 19.1.